The summed E-state index contributed by atoms with van der Waals surface area (Å²) in [6.45, 7) is 1.08. The minimum absolute atomic E-state index is 0.0173. The van der Waals surface area contributed by atoms with Crippen LogP contribution in [0.15, 0.2) is 121 Å². The van der Waals surface area contributed by atoms with Crippen LogP contribution in [0.25, 0.3) is 0 Å². The second kappa shape index (κ2) is 17.3. The van der Waals surface area contributed by atoms with Crippen molar-refractivity contribution < 1.29 is 52.4 Å². The predicted octanol–water partition coefficient (Wildman–Crippen LogP) is 5.64. The van der Waals surface area contributed by atoms with Crippen LogP contribution in [-0.2, 0) is 35.0 Å². The summed E-state index contributed by atoms with van der Waals surface area (Å²) < 4.78 is 36.0. The van der Waals surface area contributed by atoms with Crippen molar-refractivity contribution in [3.8, 4) is 0 Å². The summed E-state index contributed by atoms with van der Waals surface area (Å²) in [5.74, 6) is -4.13. The van der Waals surface area contributed by atoms with Gasteiger partial charge in [-0.2, -0.15) is 5.10 Å². The second-order valence-electron chi connectivity index (χ2n) is 12.0. The van der Waals surface area contributed by atoms with E-state index in [1.807, 2.05) is 6.07 Å². The van der Waals surface area contributed by atoms with Gasteiger partial charge >= 0.3 is 29.8 Å². The normalized spacial score (nSPS) is 17.6. The van der Waals surface area contributed by atoms with E-state index in [2.05, 4.69) is 5.10 Å². The molecular formula is C41H36N2O11. The monoisotopic (exact) mass is 732 g/mol. The van der Waals surface area contributed by atoms with Gasteiger partial charge in [0.25, 0.3) is 0 Å². The van der Waals surface area contributed by atoms with Gasteiger partial charge in [0, 0.05) is 0 Å². The van der Waals surface area contributed by atoms with E-state index >= 15 is 0 Å². The Hall–Kier alpha value is -6.60. The highest BCUT2D eigenvalue weighted by molar-refractivity contribution is 6.03. The number of nitrogens with zero attached hydrogens (tertiary/aromatic N) is 2. The van der Waals surface area contributed by atoms with Gasteiger partial charge in [-0.3, -0.25) is 4.68 Å². The molecule has 2 heterocycles. The lowest BCUT2D eigenvalue weighted by atomic mass is 10.0. The minimum Gasteiger partial charge on any atom is -0.464 e. The van der Waals surface area contributed by atoms with E-state index < -0.39 is 60.9 Å². The summed E-state index contributed by atoms with van der Waals surface area (Å²) >= 11 is 0. The fraction of sp³-hybridized carbons (Fsp3) is 0.220. The molecule has 1 aliphatic heterocycles. The number of aromatic nitrogens is 2. The van der Waals surface area contributed by atoms with Gasteiger partial charge in [0.1, 0.15) is 30.1 Å². The molecule has 4 aromatic carbocycles. The van der Waals surface area contributed by atoms with Crippen LogP contribution in [0.5, 0.6) is 0 Å². The number of carbonyl (C=O) groups is 5. The Kier molecular flexibility index (Phi) is 11.9. The molecule has 0 radical (unpaired) electrons. The summed E-state index contributed by atoms with van der Waals surface area (Å²) in [4.78, 5) is 67.6. The van der Waals surface area contributed by atoms with Gasteiger partial charge < -0.3 is 28.4 Å². The van der Waals surface area contributed by atoms with Crippen molar-refractivity contribution in [3.05, 3.63) is 161 Å². The smallest absolute Gasteiger partial charge is 0.357 e. The molecule has 54 heavy (non-hydrogen) atoms. The topological polar surface area (TPSA) is 159 Å². The number of benzene rings is 4. The first-order valence-electron chi connectivity index (χ1n) is 17.1. The Labute approximate surface area is 310 Å². The zero-order chi connectivity index (χ0) is 38.0. The predicted molar refractivity (Wildman–Crippen MR) is 191 cm³/mol. The van der Waals surface area contributed by atoms with Crippen LogP contribution in [0, 0.1) is 0 Å². The van der Waals surface area contributed by atoms with Gasteiger partial charge in [-0.25, -0.2) is 24.0 Å². The molecule has 1 fully saturated rings. The number of ether oxygens (including phenoxy) is 6. The average Bonchev–Trinajstić information content (AvgIpc) is 3.75. The molecule has 0 saturated carbocycles. The average molecular weight is 733 g/mol. The fourth-order valence-electron chi connectivity index (χ4n) is 5.96. The summed E-state index contributed by atoms with van der Waals surface area (Å²) in [6.07, 6.45) is -5.65. The third-order valence-electron chi connectivity index (χ3n) is 8.49. The van der Waals surface area contributed by atoms with Crippen molar-refractivity contribution in [3.63, 3.8) is 0 Å². The summed E-state index contributed by atoms with van der Waals surface area (Å²) in [6, 6.07) is 33.4. The van der Waals surface area contributed by atoms with Crippen LogP contribution in [0.2, 0.25) is 0 Å². The second-order valence-corrected chi connectivity index (χ2v) is 12.0. The minimum atomic E-state index is -1.50. The maximum atomic E-state index is 13.8. The molecule has 0 N–H and O–H groups in total. The number of methoxy groups -OCH3 is 1. The summed E-state index contributed by atoms with van der Waals surface area (Å²) in [5, 5.41) is 4.69. The van der Waals surface area contributed by atoms with Gasteiger partial charge in [-0.15, -0.1) is 0 Å². The van der Waals surface area contributed by atoms with Crippen LogP contribution >= 0.6 is 0 Å². The van der Waals surface area contributed by atoms with Crippen LogP contribution in [-0.4, -0.2) is 78.3 Å². The standard InChI is InChI=1S/C41H36N2O11/c1-3-50-40(47)31-32(42-43(33(31)41(48)49-2)24-26-16-8-4-9-17-26)35-36(54-39(46)29-22-14-7-15-23-29)34(53-38(45)28-20-12-6-13-21-28)30(52-35)25-51-37(44)27-18-10-5-11-19-27/h4-23,30,34-36H,3,24-25H2,1-2H3/t30-,34-,35+,36-/m1/s1. The van der Waals surface area contributed by atoms with Crippen molar-refractivity contribution in [2.24, 2.45) is 0 Å². The molecule has 0 unspecified atom stereocenters. The molecule has 13 heteroatoms. The van der Waals surface area contributed by atoms with Crippen molar-refractivity contribution in [1.29, 1.82) is 0 Å². The van der Waals surface area contributed by atoms with Gasteiger partial charge in [0.2, 0.25) is 0 Å². The van der Waals surface area contributed by atoms with Crippen LogP contribution in [0.1, 0.15) is 76.2 Å². The van der Waals surface area contributed by atoms with Crippen molar-refractivity contribution >= 4 is 29.8 Å². The van der Waals surface area contributed by atoms with Crippen molar-refractivity contribution in [2.45, 2.75) is 37.9 Å². The summed E-state index contributed by atoms with van der Waals surface area (Å²) in [5.41, 5.74) is 0.619. The maximum absolute atomic E-state index is 13.8. The highest BCUT2D eigenvalue weighted by Crippen LogP contribution is 2.40. The number of rotatable bonds is 13. The van der Waals surface area contributed by atoms with Crippen LogP contribution in [0.3, 0.4) is 0 Å². The van der Waals surface area contributed by atoms with E-state index in [1.54, 1.807) is 97.9 Å². The van der Waals surface area contributed by atoms with E-state index in [-0.39, 0.29) is 46.8 Å². The molecule has 276 valence electrons. The first-order chi connectivity index (χ1) is 26.3. The molecule has 13 nitrogen and oxygen atoms in total. The lowest BCUT2D eigenvalue weighted by Crippen LogP contribution is -2.41. The van der Waals surface area contributed by atoms with Crippen LogP contribution < -0.4 is 0 Å². The van der Waals surface area contributed by atoms with Gasteiger partial charge in [0.15, 0.2) is 17.9 Å². The molecule has 1 aromatic heterocycles. The first kappa shape index (κ1) is 37.2. The molecule has 0 amide bonds. The first-order valence-corrected chi connectivity index (χ1v) is 17.1. The molecule has 1 aliphatic rings. The number of hydrogen-bond acceptors (Lipinski definition) is 12. The van der Waals surface area contributed by atoms with E-state index in [9.17, 15) is 24.0 Å². The largest absolute Gasteiger partial charge is 0.464 e. The van der Waals surface area contributed by atoms with Gasteiger partial charge in [0.05, 0.1) is 37.0 Å². The molecule has 4 atom stereocenters. The maximum Gasteiger partial charge on any atom is 0.357 e. The van der Waals surface area contributed by atoms with E-state index in [1.165, 1.54) is 28.9 Å². The van der Waals surface area contributed by atoms with Crippen molar-refractivity contribution in [2.75, 3.05) is 20.3 Å². The Morgan fingerprint density at radius 3 is 1.65 bits per heavy atom. The SMILES string of the molecule is CCOC(=O)c1c([C@@H]2O[C@H](COC(=O)c3ccccc3)[C@@H](OC(=O)c3ccccc3)[C@H]2OC(=O)c2ccccc2)nn(Cc2ccccc2)c1C(=O)OC. The Balaban J connectivity index is 1.48. The van der Waals surface area contributed by atoms with Gasteiger partial charge in [-0.05, 0) is 48.9 Å². The highest BCUT2D eigenvalue weighted by atomic mass is 16.7. The molecule has 5 aromatic rings. The lowest BCUT2D eigenvalue weighted by molar-refractivity contribution is -0.0452. The van der Waals surface area contributed by atoms with E-state index in [4.69, 9.17) is 28.4 Å². The number of carbonyl (C=O) groups excluding carboxylic acids is 5. The number of esters is 5. The molecule has 0 bridgehead atoms. The van der Waals surface area contributed by atoms with Gasteiger partial charge in [-0.1, -0.05) is 84.9 Å². The lowest BCUT2D eigenvalue weighted by Gasteiger charge is -2.24. The third kappa shape index (κ3) is 8.37. The Bertz CT molecular complexity index is 2090. The quantitative estimate of drug-likeness (QED) is 0.108. The molecule has 6 rings (SSSR count). The highest BCUT2D eigenvalue weighted by Gasteiger charge is 2.54. The molecular weight excluding hydrogens is 696 g/mol. The molecule has 1 saturated heterocycles. The van der Waals surface area contributed by atoms with Crippen LogP contribution in [0.4, 0.5) is 0 Å². The third-order valence-corrected chi connectivity index (χ3v) is 8.49. The zero-order valence-corrected chi connectivity index (χ0v) is 29.4. The molecule has 0 aliphatic carbocycles. The zero-order valence-electron chi connectivity index (χ0n) is 29.4. The van der Waals surface area contributed by atoms with Crippen molar-refractivity contribution in [1.82, 2.24) is 9.78 Å². The Morgan fingerprint density at radius 2 is 1.13 bits per heavy atom. The van der Waals surface area contributed by atoms with E-state index in [0.717, 1.165) is 12.7 Å². The Morgan fingerprint density at radius 1 is 0.630 bits per heavy atom. The summed E-state index contributed by atoms with van der Waals surface area (Å²) in [7, 11) is 1.16. The fourth-order valence-corrected chi connectivity index (χ4v) is 5.96. The van der Waals surface area contributed by atoms with E-state index in [0.29, 0.717) is 0 Å². The molecule has 0 spiro atoms. The number of hydrogen-bond donors (Lipinski definition) is 0.